The van der Waals surface area contributed by atoms with Crippen LogP contribution in [0.3, 0.4) is 0 Å². The first-order chi connectivity index (χ1) is 11.8. The van der Waals surface area contributed by atoms with Gasteiger partial charge in [0.1, 0.15) is 0 Å². The number of allylic oxidation sites excluding steroid dienone is 1. The van der Waals surface area contributed by atoms with Crippen LogP contribution in [-0.2, 0) is 0 Å². The SMILES string of the molecule is C=C(C[C@@H](O)/C(C)=C/CC[C@@H](CO)CCC/C(=C\CO)CO)C(C)C. The molecule has 4 N–H and O–H groups in total. The van der Waals surface area contributed by atoms with Gasteiger partial charge in [-0.1, -0.05) is 38.2 Å². The van der Waals surface area contributed by atoms with Gasteiger partial charge in [0.25, 0.3) is 0 Å². The van der Waals surface area contributed by atoms with Crippen LogP contribution in [-0.4, -0.2) is 46.4 Å². The molecule has 2 atom stereocenters. The molecule has 0 aliphatic rings. The fourth-order valence-corrected chi connectivity index (χ4v) is 2.65. The zero-order valence-corrected chi connectivity index (χ0v) is 16.2. The van der Waals surface area contributed by atoms with Crippen molar-refractivity contribution in [1.29, 1.82) is 0 Å². The Labute approximate surface area is 153 Å². The van der Waals surface area contributed by atoms with E-state index in [1.165, 1.54) is 0 Å². The summed E-state index contributed by atoms with van der Waals surface area (Å²) in [4.78, 5) is 0. The molecular weight excluding hydrogens is 316 g/mol. The van der Waals surface area contributed by atoms with Crippen LogP contribution < -0.4 is 0 Å². The molecule has 0 aliphatic carbocycles. The number of hydrogen-bond donors (Lipinski definition) is 4. The Morgan fingerprint density at radius 3 is 2.28 bits per heavy atom. The maximum atomic E-state index is 10.2. The highest BCUT2D eigenvalue weighted by Gasteiger charge is 2.11. The smallest absolute Gasteiger partial charge is 0.0784 e. The second kappa shape index (κ2) is 14.3. The molecule has 0 spiro atoms. The van der Waals surface area contributed by atoms with Gasteiger partial charge < -0.3 is 20.4 Å². The largest absolute Gasteiger partial charge is 0.396 e. The lowest BCUT2D eigenvalue weighted by Crippen LogP contribution is -2.11. The third kappa shape index (κ3) is 11.3. The first-order valence-corrected chi connectivity index (χ1v) is 9.38. The van der Waals surface area contributed by atoms with E-state index in [2.05, 4.69) is 26.5 Å². The summed E-state index contributed by atoms with van der Waals surface area (Å²) in [6.45, 7) is 10.2. The molecule has 4 heteroatoms. The predicted octanol–water partition coefficient (Wildman–Crippen LogP) is 3.37. The van der Waals surface area contributed by atoms with Gasteiger partial charge in [0.15, 0.2) is 0 Å². The number of aliphatic hydroxyl groups is 4. The molecule has 0 rings (SSSR count). The van der Waals surface area contributed by atoms with Gasteiger partial charge in [0.2, 0.25) is 0 Å². The molecule has 0 heterocycles. The van der Waals surface area contributed by atoms with E-state index >= 15 is 0 Å². The number of rotatable bonds is 14. The predicted molar refractivity (Wildman–Crippen MR) is 104 cm³/mol. The molecule has 0 aromatic carbocycles. The van der Waals surface area contributed by atoms with Crippen LogP contribution in [0.25, 0.3) is 0 Å². The van der Waals surface area contributed by atoms with Gasteiger partial charge in [-0.05, 0) is 68.4 Å². The Bertz CT molecular complexity index is 424. The van der Waals surface area contributed by atoms with Crippen molar-refractivity contribution in [3.05, 3.63) is 35.5 Å². The molecule has 0 amide bonds. The molecule has 0 fully saturated rings. The fraction of sp³-hybridized carbons (Fsp3) is 0.714. The van der Waals surface area contributed by atoms with Gasteiger partial charge in [-0.2, -0.15) is 0 Å². The van der Waals surface area contributed by atoms with Crippen molar-refractivity contribution in [3.63, 3.8) is 0 Å². The van der Waals surface area contributed by atoms with Crippen LogP contribution in [0.5, 0.6) is 0 Å². The lowest BCUT2D eigenvalue weighted by molar-refractivity contribution is 0.204. The van der Waals surface area contributed by atoms with Crippen LogP contribution >= 0.6 is 0 Å². The van der Waals surface area contributed by atoms with Crippen molar-refractivity contribution in [2.75, 3.05) is 19.8 Å². The number of hydrogen-bond acceptors (Lipinski definition) is 4. The van der Waals surface area contributed by atoms with Crippen LogP contribution in [0.15, 0.2) is 35.5 Å². The van der Waals surface area contributed by atoms with Crippen LogP contribution in [0, 0.1) is 11.8 Å². The van der Waals surface area contributed by atoms with Crippen LogP contribution in [0.1, 0.15) is 59.3 Å². The zero-order chi connectivity index (χ0) is 19.2. The summed E-state index contributed by atoms with van der Waals surface area (Å²) in [6.07, 6.45) is 8.07. The topological polar surface area (TPSA) is 80.9 Å². The summed E-state index contributed by atoms with van der Waals surface area (Å²) >= 11 is 0. The summed E-state index contributed by atoms with van der Waals surface area (Å²) < 4.78 is 0. The second-order valence-electron chi connectivity index (χ2n) is 7.20. The third-order valence-corrected chi connectivity index (χ3v) is 4.79. The summed E-state index contributed by atoms with van der Waals surface area (Å²) in [5.74, 6) is 0.603. The highest BCUT2D eigenvalue weighted by molar-refractivity contribution is 5.11. The van der Waals surface area contributed by atoms with Crippen LogP contribution in [0.2, 0.25) is 0 Å². The normalized spacial score (nSPS) is 15.5. The van der Waals surface area contributed by atoms with Gasteiger partial charge in [0.05, 0.1) is 19.3 Å². The highest BCUT2D eigenvalue weighted by Crippen LogP contribution is 2.20. The molecule has 0 aromatic rings. The van der Waals surface area contributed by atoms with E-state index in [0.29, 0.717) is 12.3 Å². The minimum Gasteiger partial charge on any atom is -0.396 e. The van der Waals surface area contributed by atoms with Crippen molar-refractivity contribution in [3.8, 4) is 0 Å². The van der Waals surface area contributed by atoms with Crippen molar-refractivity contribution in [1.82, 2.24) is 0 Å². The molecule has 0 radical (unpaired) electrons. The molecule has 4 nitrogen and oxygen atoms in total. The van der Waals surface area contributed by atoms with E-state index in [9.17, 15) is 10.2 Å². The molecule has 0 saturated heterocycles. The number of aliphatic hydroxyl groups excluding tert-OH is 4. The van der Waals surface area contributed by atoms with Crippen LogP contribution in [0.4, 0.5) is 0 Å². The van der Waals surface area contributed by atoms with E-state index in [1.807, 2.05) is 6.92 Å². The van der Waals surface area contributed by atoms with Crippen molar-refractivity contribution < 1.29 is 20.4 Å². The average molecular weight is 355 g/mol. The van der Waals surface area contributed by atoms with Gasteiger partial charge >= 0.3 is 0 Å². The van der Waals surface area contributed by atoms with Gasteiger partial charge in [-0.25, -0.2) is 0 Å². The van der Waals surface area contributed by atoms with Crippen molar-refractivity contribution in [2.45, 2.75) is 65.4 Å². The first kappa shape index (κ1) is 24.1. The molecule has 0 saturated carbocycles. The van der Waals surface area contributed by atoms with Crippen molar-refractivity contribution in [2.24, 2.45) is 11.8 Å². The Kier molecular flexibility index (Phi) is 13.7. The van der Waals surface area contributed by atoms with Crippen molar-refractivity contribution >= 4 is 0 Å². The van der Waals surface area contributed by atoms with E-state index in [0.717, 1.165) is 48.8 Å². The first-order valence-electron chi connectivity index (χ1n) is 9.38. The van der Waals surface area contributed by atoms with E-state index in [-0.39, 0.29) is 25.7 Å². The summed E-state index contributed by atoms with van der Waals surface area (Å²) in [5, 5.41) is 37.8. The highest BCUT2D eigenvalue weighted by atomic mass is 16.3. The van der Waals surface area contributed by atoms with Gasteiger partial charge in [-0.15, -0.1) is 0 Å². The molecule has 0 bridgehead atoms. The lowest BCUT2D eigenvalue weighted by atomic mass is 9.93. The molecule has 0 aromatic heterocycles. The maximum absolute atomic E-state index is 10.2. The third-order valence-electron chi connectivity index (χ3n) is 4.79. The quantitative estimate of drug-likeness (QED) is 0.361. The Morgan fingerprint density at radius 2 is 1.76 bits per heavy atom. The summed E-state index contributed by atoms with van der Waals surface area (Å²) in [7, 11) is 0. The Hall–Kier alpha value is -0.940. The van der Waals surface area contributed by atoms with E-state index in [4.69, 9.17) is 10.2 Å². The Balaban J connectivity index is 4.24. The molecule has 0 unspecified atom stereocenters. The summed E-state index contributed by atoms with van der Waals surface area (Å²) in [6, 6.07) is 0. The minimum absolute atomic E-state index is 0.0220. The maximum Gasteiger partial charge on any atom is 0.0784 e. The molecule has 25 heavy (non-hydrogen) atoms. The molecule has 146 valence electrons. The zero-order valence-electron chi connectivity index (χ0n) is 16.2. The monoisotopic (exact) mass is 354 g/mol. The fourth-order valence-electron chi connectivity index (χ4n) is 2.65. The molecular formula is C21H38O4. The van der Waals surface area contributed by atoms with Gasteiger partial charge in [-0.3, -0.25) is 0 Å². The van der Waals surface area contributed by atoms with E-state index in [1.54, 1.807) is 6.08 Å². The average Bonchev–Trinajstić information content (AvgIpc) is 2.58. The summed E-state index contributed by atoms with van der Waals surface area (Å²) in [5.41, 5.74) is 2.87. The Morgan fingerprint density at radius 1 is 1.08 bits per heavy atom. The van der Waals surface area contributed by atoms with E-state index < -0.39 is 6.10 Å². The molecule has 0 aliphatic heterocycles. The van der Waals surface area contributed by atoms with Gasteiger partial charge in [0, 0.05) is 6.61 Å². The second-order valence-corrected chi connectivity index (χ2v) is 7.20. The minimum atomic E-state index is -0.474. The standard InChI is InChI=1S/C21H38O4/c1-16(2)18(4)13-21(25)17(3)7-5-8-19(14-23)9-6-10-20(15-24)11-12-22/h7,11,16,19,21-25H,4-6,8-10,12-15H2,1-3H3/b17-7+,20-11+/t19-,21-/m1/s1. The lowest BCUT2D eigenvalue weighted by Gasteiger charge is -2.17.